The summed E-state index contributed by atoms with van der Waals surface area (Å²) in [4.78, 5) is 13.7. The fourth-order valence-electron chi connectivity index (χ4n) is 3.52. The van der Waals surface area contributed by atoms with E-state index in [0.29, 0.717) is 6.04 Å². The highest BCUT2D eigenvalue weighted by atomic mass is 32.2. The molecule has 1 aromatic heterocycles. The molecule has 0 saturated carbocycles. The van der Waals surface area contributed by atoms with Crippen LogP contribution in [0.5, 0.6) is 0 Å². The van der Waals surface area contributed by atoms with E-state index in [1.165, 1.54) is 5.56 Å². The Hall–Kier alpha value is -1.47. The van der Waals surface area contributed by atoms with Gasteiger partial charge in [0.15, 0.2) is 5.16 Å². The topological polar surface area (TPSA) is 52.5 Å². The van der Waals surface area contributed by atoms with Crippen molar-refractivity contribution in [2.75, 3.05) is 39.0 Å². The summed E-state index contributed by atoms with van der Waals surface area (Å²) >= 11 is 1.56. The van der Waals surface area contributed by atoms with Gasteiger partial charge in [-0.1, -0.05) is 42.1 Å². The van der Waals surface area contributed by atoms with E-state index in [-0.39, 0.29) is 6.61 Å². The number of aromatic nitrogens is 2. The van der Waals surface area contributed by atoms with Crippen molar-refractivity contribution in [3.63, 3.8) is 0 Å². The first-order valence-corrected chi connectivity index (χ1v) is 10.5. The van der Waals surface area contributed by atoms with Gasteiger partial charge in [0.05, 0.1) is 0 Å². The second-order valence-corrected chi connectivity index (χ2v) is 7.52. The predicted molar refractivity (Wildman–Crippen MR) is 106 cm³/mol. The Morgan fingerprint density at radius 2 is 1.88 bits per heavy atom. The van der Waals surface area contributed by atoms with Crippen molar-refractivity contribution in [1.29, 1.82) is 0 Å². The SMILES string of the molecule is CSc1ncc(CN2CCN(CCc3ccccc3)[C@H](CCO)C2)cn1. The van der Waals surface area contributed by atoms with Crippen LogP contribution < -0.4 is 0 Å². The lowest BCUT2D eigenvalue weighted by atomic mass is 10.1. The van der Waals surface area contributed by atoms with Crippen molar-refractivity contribution in [2.24, 2.45) is 0 Å². The molecule has 1 aliphatic heterocycles. The lowest BCUT2D eigenvalue weighted by Gasteiger charge is -2.41. The molecular formula is C20H28N4OS. The first kappa shape index (κ1) is 19.3. The minimum absolute atomic E-state index is 0.242. The lowest BCUT2D eigenvalue weighted by Crippen LogP contribution is -2.53. The van der Waals surface area contributed by atoms with Crippen LogP contribution in [0.25, 0.3) is 0 Å². The lowest BCUT2D eigenvalue weighted by molar-refractivity contribution is 0.0561. The zero-order valence-corrected chi connectivity index (χ0v) is 16.2. The molecule has 1 atom stereocenters. The second-order valence-electron chi connectivity index (χ2n) is 6.75. The maximum atomic E-state index is 9.49. The number of rotatable bonds is 8. The molecule has 1 aromatic carbocycles. The number of benzene rings is 1. The van der Waals surface area contributed by atoms with Crippen LogP contribution in [-0.2, 0) is 13.0 Å². The van der Waals surface area contributed by atoms with Gasteiger partial charge < -0.3 is 5.11 Å². The molecule has 3 rings (SSSR count). The quantitative estimate of drug-likeness (QED) is 0.567. The minimum Gasteiger partial charge on any atom is -0.396 e. The number of aliphatic hydroxyl groups excluding tert-OH is 1. The highest BCUT2D eigenvalue weighted by molar-refractivity contribution is 7.98. The van der Waals surface area contributed by atoms with Gasteiger partial charge in [0, 0.05) is 63.3 Å². The van der Waals surface area contributed by atoms with Crippen molar-refractivity contribution in [3.05, 3.63) is 53.9 Å². The van der Waals surface area contributed by atoms with Crippen LogP contribution in [0.3, 0.4) is 0 Å². The standard InChI is InChI=1S/C20H28N4OS/c1-26-20-21-13-18(14-22-20)15-23-10-11-24(19(16-23)8-12-25)9-7-17-5-3-2-4-6-17/h2-6,13-14,19,25H,7-12,15-16H2,1H3/t19-/m1/s1. The summed E-state index contributed by atoms with van der Waals surface area (Å²) in [6, 6.07) is 11.0. The zero-order chi connectivity index (χ0) is 18.2. The van der Waals surface area contributed by atoms with Crippen molar-refractivity contribution >= 4 is 11.8 Å². The minimum atomic E-state index is 0.242. The van der Waals surface area contributed by atoms with Crippen molar-refractivity contribution < 1.29 is 5.11 Å². The van der Waals surface area contributed by atoms with Crippen LogP contribution in [0.4, 0.5) is 0 Å². The Labute approximate surface area is 160 Å². The number of hydrogen-bond donors (Lipinski definition) is 1. The summed E-state index contributed by atoms with van der Waals surface area (Å²) in [5.41, 5.74) is 2.53. The summed E-state index contributed by atoms with van der Waals surface area (Å²) in [5.74, 6) is 0. The summed E-state index contributed by atoms with van der Waals surface area (Å²) < 4.78 is 0. The Morgan fingerprint density at radius 1 is 1.12 bits per heavy atom. The second kappa shape index (κ2) is 10.0. The number of aliphatic hydroxyl groups is 1. The Morgan fingerprint density at radius 3 is 2.58 bits per heavy atom. The maximum absolute atomic E-state index is 9.49. The van der Waals surface area contributed by atoms with E-state index < -0.39 is 0 Å². The van der Waals surface area contributed by atoms with Crippen LogP contribution in [0.15, 0.2) is 47.9 Å². The molecule has 1 saturated heterocycles. The van der Waals surface area contributed by atoms with Gasteiger partial charge in [-0.3, -0.25) is 9.80 Å². The molecule has 2 heterocycles. The van der Waals surface area contributed by atoms with Crippen LogP contribution >= 0.6 is 11.8 Å². The maximum Gasteiger partial charge on any atom is 0.187 e. The van der Waals surface area contributed by atoms with Gasteiger partial charge in [-0.05, 0) is 24.7 Å². The molecule has 1 aliphatic rings. The fraction of sp³-hybridized carbons (Fsp3) is 0.500. The average Bonchev–Trinajstić information content (AvgIpc) is 2.69. The molecule has 1 fully saturated rings. The summed E-state index contributed by atoms with van der Waals surface area (Å²) in [5, 5.41) is 10.3. The van der Waals surface area contributed by atoms with E-state index in [0.717, 1.165) is 56.3 Å². The average molecular weight is 373 g/mol. The zero-order valence-electron chi connectivity index (χ0n) is 15.4. The third kappa shape index (κ3) is 5.51. The van der Waals surface area contributed by atoms with Crippen molar-refractivity contribution in [3.8, 4) is 0 Å². The van der Waals surface area contributed by atoms with Crippen molar-refractivity contribution in [1.82, 2.24) is 19.8 Å². The molecular weight excluding hydrogens is 344 g/mol. The van der Waals surface area contributed by atoms with Gasteiger partial charge in [-0.2, -0.15) is 0 Å². The van der Waals surface area contributed by atoms with E-state index in [1.54, 1.807) is 11.8 Å². The number of hydrogen-bond acceptors (Lipinski definition) is 6. The first-order valence-electron chi connectivity index (χ1n) is 9.24. The smallest absolute Gasteiger partial charge is 0.187 e. The highest BCUT2D eigenvalue weighted by Gasteiger charge is 2.26. The molecule has 0 amide bonds. The largest absolute Gasteiger partial charge is 0.396 e. The predicted octanol–water partition coefficient (Wildman–Crippen LogP) is 2.31. The highest BCUT2D eigenvalue weighted by Crippen LogP contribution is 2.17. The molecule has 0 spiro atoms. The van der Waals surface area contributed by atoms with Crippen molar-refractivity contribution in [2.45, 2.75) is 30.6 Å². The van der Waals surface area contributed by atoms with E-state index in [2.05, 4.69) is 50.1 Å². The molecule has 140 valence electrons. The molecule has 1 N–H and O–H groups in total. The summed E-state index contributed by atoms with van der Waals surface area (Å²) in [7, 11) is 0. The number of piperazine rings is 1. The summed E-state index contributed by atoms with van der Waals surface area (Å²) in [6.45, 7) is 5.24. The van der Waals surface area contributed by atoms with Gasteiger partial charge >= 0.3 is 0 Å². The van der Waals surface area contributed by atoms with Crippen LogP contribution in [0.1, 0.15) is 17.5 Å². The Bertz CT molecular complexity index is 653. The molecule has 2 aromatic rings. The third-order valence-corrected chi connectivity index (χ3v) is 5.53. The van der Waals surface area contributed by atoms with E-state index in [9.17, 15) is 5.11 Å². The van der Waals surface area contributed by atoms with Gasteiger partial charge in [0.25, 0.3) is 0 Å². The molecule has 0 unspecified atom stereocenters. The van der Waals surface area contributed by atoms with E-state index >= 15 is 0 Å². The molecule has 0 radical (unpaired) electrons. The molecule has 5 nitrogen and oxygen atoms in total. The fourth-order valence-corrected chi connectivity index (χ4v) is 3.84. The normalized spacial score (nSPS) is 18.9. The number of thioether (sulfide) groups is 1. The monoisotopic (exact) mass is 372 g/mol. The Balaban J connectivity index is 1.54. The van der Waals surface area contributed by atoms with Gasteiger partial charge in [-0.15, -0.1) is 0 Å². The van der Waals surface area contributed by atoms with Gasteiger partial charge in [0.1, 0.15) is 0 Å². The molecule has 0 bridgehead atoms. The third-order valence-electron chi connectivity index (χ3n) is 4.95. The van der Waals surface area contributed by atoms with Crippen LogP contribution in [0.2, 0.25) is 0 Å². The van der Waals surface area contributed by atoms with Gasteiger partial charge in [-0.25, -0.2) is 9.97 Å². The van der Waals surface area contributed by atoms with Crippen LogP contribution in [-0.4, -0.2) is 70.0 Å². The van der Waals surface area contributed by atoms with E-state index in [4.69, 9.17) is 0 Å². The summed E-state index contributed by atoms with van der Waals surface area (Å²) in [6.07, 6.45) is 7.74. The number of nitrogens with zero attached hydrogens (tertiary/aromatic N) is 4. The van der Waals surface area contributed by atoms with Crippen LogP contribution in [0, 0.1) is 0 Å². The Kier molecular flexibility index (Phi) is 7.43. The molecule has 6 heteroatoms. The van der Waals surface area contributed by atoms with Gasteiger partial charge in [0.2, 0.25) is 0 Å². The molecule has 0 aliphatic carbocycles. The molecule has 26 heavy (non-hydrogen) atoms. The first-order chi connectivity index (χ1) is 12.8. The van der Waals surface area contributed by atoms with E-state index in [1.807, 2.05) is 18.6 Å².